The van der Waals surface area contributed by atoms with E-state index in [1.807, 2.05) is 18.0 Å². The van der Waals surface area contributed by atoms with Crippen molar-refractivity contribution in [3.8, 4) is 11.4 Å². The number of aliphatic hydroxyl groups excluding tert-OH is 1. The first-order chi connectivity index (χ1) is 16.7. The summed E-state index contributed by atoms with van der Waals surface area (Å²) in [4.78, 5) is 23.7. The highest BCUT2D eigenvalue weighted by atomic mass is 19.4. The van der Waals surface area contributed by atoms with Crippen LogP contribution in [0.4, 0.5) is 19.0 Å². The molecule has 35 heavy (non-hydrogen) atoms. The third kappa shape index (κ3) is 5.65. The topological polar surface area (TPSA) is 113 Å². The number of halogens is 3. The quantitative estimate of drug-likeness (QED) is 0.404. The second-order valence-electron chi connectivity index (χ2n) is 8.80. The van der Waals surface area contributed by atoms with E-state index >= 15 is 0 Å². The molecule has 188 valence electrons. The Morgan fingerprint density at radius 3 is 2.77 bits per heavy atom. The number of carbonyl (C=O) groups is 1. The van der Waals surface area contributed by atoms with Crippen molar-refractivity contribution in [2.24, 2.45) is 0 Å². The maximum atomic E-state index is 12.8. The molecule has 1 aliphatic rings. The number of alkyl halides is 3. The van der Waals surface area contributed by atoms with Crippen molar-refractivity contribution in [1.82, 2.24) is 30.4 Å². The molecule has 4 heterocycles. The van der Waals surface area contributed by atoms with Gasteiger partial charge in [-0.05, 0) is 32.0 Å². The number of hydrogen-bond donors (Lipinski definition) is 4. The molecular formula is C23H28F3N7O2. The lowest BCUT2D eigenvalue weighted by Crippen LogP contribution is -2.51. The van der Waals surface area contributed by atoms with E-state index in [4.69, 9.17) is 5.11 Å². The number of hydrogen-bond acceptors (Lipinski definition) is 6. The summed E-state index contributed by atoms with van der Waals surface area (Å²) in [5.41, 5.74) is 2.05. The molecule has 12 heteroatoms. The van der Waals surface area contributed by atoms with E-state index in [1.54, 1.807) is 19.2 Å². The molecule has 1 aliphatic heterocycles. The van der Waals surface area contributed by atoms with Crippen molar-refractivity contribution in [2.45, 2.75) is 38.7 Å². The Kier molecular flexibility index (Phi) is 7.13. The minimum atomic E-state index is -4.40. The third-order valence-corrected chi connectivity index (χ3v) is 6.05. The molecule has 0 bridgehead atoms. The van der Waals surface area contributed by atoms with Gasteiger partial charge in [0.25, 0.3) is 5.91 Å². The number of rotatable bonds is 7. The maximum Gasteiger partial charge on any atom is 0.417 e. The number of H-pyrrole nitrogens is 2. The van der Waals surface area contributed by atoms with Crippen LogP contribution in [0.25, 0.3) is 11.4 Å². The number of aromatic nitrogens is 4. The van der Waals surface area contributed by atoms with Gasteiger partial charge in [-0.1, -0.05) is 0 Å². The molecular weight excluding hydrogens is 463 g/mol. The fourth-order valence-corrected chi connectivity index (χ4v) is 4.17. The average Bonchev–Trinajstić information content (AvgIpc) is 3.48. The first kappa shape index (κ1) is 24.7. The summed E-state index contributed by atoms with van der Waals surface area (Å²) in [5.74, 6) is 0.245. The molecule has 3 aromatic rings. The minimum Gasteiger partial charge on any atom is -0.394 e. The number of aliphatic hydroxyl groups is 1. The van der Waals surface area contributed by atoms with Gasteiger partial charge in [0.1, 0.15) is 11.5 Å². The molecule has 0 aromatic carbocycles. The molecule has 1 saturated heterocycles. The first-order valence-electron chi connectivity index (χ1n) is 11.3. The molecule has 0 aliphatic carbocycles. The SMILES string of the molecule is C[C@@H]1CN(Cc2c[nH]nc2-c2cc(C(=O)N[C@@H](C)CO)c[nH]2)CCN1c1ccc(C(F)(F)F)cn1. The van der Waals surface area contributed by atoms with E-state index in [2.05, 4.69) is 30.4 Å². The van der Waals surface area contributed by atoms with E-state index < -0.39 is 11.7 Å². The zero-order chi connectivity index (χ0) is 25.2. The Bertz CT molecular complexity index is 1140. The van der Waals surface area contributed by atoms with E-state index in [1.165, 1.54) is 6.07 Å². The number of nitrogens with zero attached hydrogens (tertiary/aromatic N) is 4. The van der Waals surface area contributed by atoms with Crippen LogP contribution in [0.1, 0.15) is 35.3 Å². The van der Waals surface area contributed by atoms with Gasteiger partial charge < -0.3 is 20.3 Å². The Hall–Kier alpha value is -3.38. The van der Waals surface area contributed by atoms with Crippen LogP contribution < -0.4 is 10.2 Å². The van der Waals surface area contributed by atoms with Gasteiger partial charge in [0.05, 0.1) is 23.4 Å². The number of anilines is 1. The van der Waals surface area contributed by atoms with E-state index in [-0.39, 0.29) is 24.6 Å². The van der Waals surface area contributed by atoms with Gasteiger partial charge in [0.15, 0.2) is 0 Å². The standard InChI is InChI=1S/C23H28F3N7O2/c1-14(13-34)30-22(35)16-7-19(27-8-16)21-17(9-29-31-21)12-32-5-6-33(15(2)11-32)20-4-3-18(10-28-20)23(24,25)26/h3-4,7-10,14-15,27,34H,5-6,11-13H2,1-2H3,(H,29,31)(H,30,35)/t14-,15+/m0/s1. The summed E-state index contributed by atoms with van der Waals surface area (Å²) in [6.45, 7) is 6.23. The lowest BCUT2D eigenvalue weighted by Gasteiger charge is -2.40. The molecule has 1 fully saturated rings. The highest BCUT2D eigenvalue weighted by molar-refractivity contribution is 5.95. The van der Waals surface area contributed by atoms with Crippen LogP contribution in [0.3, 0.4) is 0 Å². The second kappa shape index (κ2) is 10.1. The van der Waals surface area contributed by atoms with E-state index in [0.717, 1.165) is 17.8 Å². The summed E-state index contributed by atoms with van der Waals surface area (Å²) in [6, 6.07) is 3.91. The van der Waals surface area contributed by atoms with Gasteiger partial charge in [-0.15, -0.1) is 0 Å². The number of amides is 1. The van der Waals surface area contributed by atoms with Crippen LogP contribution in [0.15, 0.2) is 36.8 Å². The van der Waals surface area contributed by atoms with Gasteiger partial charge >= 0.3 is 6.18 Å². The number of aromatic amines is 2. The zero-order valence-electron chi connectivity index (χ0n) is 19.4. The van der Waals surface area contributed by atoms with Crippen molar-refractivity contribution < 1.29 is 23.1 Å². The normalized spacial score (nSPS) is 18.0. The maximum absolute atomic E-state index is 12.8. The van der Waals surface area contributed by atoms with Crippen LogP contribution in [-0.4, -0.2) is 74.4 Å². The van der Waals surface area contributed by atoms with Gasteiger partial charge in [0, 0.05) is 62.4 Å². The minimum absolute atomic E-state index is 0.0534. The highest BCUT2D eigenvalue weighted by Gasteiger charge is 2.32. The summed E-state index contributed by atoms with van der Waals surface area (Å²) < 4.78 is 38.5. The Balaban J connectivity index is 1.39. The average molecular weight is 492 g/mol. The molecule has 0 saturated carbocycles. The summed E-state index contributed by atoms with van der Waals surface area (Å²) in [7, 11) is 0. The zero-order valence-corrected chi connectivity index (χ0v) is 19.4. The second-order valence-corrected chi connectivity index (χ2v) is 8.80. The highest BCUT2D eigenvalue weighted by Crippen LogP contribution is 2.30. The summed E-state index contributed by atoms with van der Waals surface area (Å²) in [5, 5.41) is 19.1. The summed E-state index contributed by atoms with van der Waals surface area (Å²) >= 11 is 0. The van der Waals surface area contributed by atoms with E-state index in [9.17, 15) is 18.0 Å². The molecule has 3 aromatic heterocycles. The number of nitrogens with one attached hydrogen (secondary N) is 3. The first-order valence-corrected chi connectivity index (χ1v) is 11.3. The Morgan fingerprint density at radius 1 is 1.31 bits per heavy atom. The van der Waals surface area contributed by atoms with Crippen LogP contribution in [0, 0.1) is 0 Å². The van der Waals surface area contributed by atoms with Crippen molar-refractivity contribution in [3.05, 3.63) is 53.5 Å². The van der Waals surface area contributed by atoms with Crippen molar-refractivity contribution in [1.29, 1.82) is 0 Å². The largest absolute Gasteiger partial charge is 0.417 e. The molecule has 2 atom stereocenters. The predicted molar refractivity (Wildman–Crippen MR) is 124 cm³/mol. The monoisotopic (exact) mass is 491 g/mol. The van der Waals surface area contributed by atoms with Crippen LogP contribution in [0.2, 0.25) is 0 Å². The fourth-order valence-electron chi connectivity index (χ4n) is 4.17. The molecule has 0 radical (unpaired) electrons. The number of pyridine rings is 1. The number of carbonyl (C=O) groups excluding carboxylic acids is 1. The van der Waals surface area contributed by atoms with Gasteiger partial charge in [-0.25, -0.2) is 4.98 Å². The third-order valence-electron chi connectivity index (χ3n) is 6.05. The van der Waals surface area contributed by atoms with Crippen molar-refractivity contribution >= 4 is 11.7 Å². The molecule has 1 amide bonds. The molecule has 9 nitrogen and oxygen atoms in total. The van der Waals surface area contributed by atoms with Crippen molar-refractivity contribution in [3.63, 3.8) is 0 Å². The van der Waals surface area contributed by atoms with Crippen molar-refractivity contribution in [2.75, 3.05) is 31.1 Å². The molecule has 4 N–H and O–H groups in total. The smallest absolute Gasteiger partial charge is 0.394 e. The van der Waals surface area contributed by atoms with Crippen LogP contribution >= 0.6 is 0 Å². The Morgan fingerprint density at radius 2 is 2.11 bits per heavy atom. The summed E-state index contributed by atoms with van der Waals surface area (Å²) in [6.07, 6.45) is -0.107. The van der Waals surface area contributed by atoms with Crippen LogP contribution in [0.5, 0.6) is 0 Å². The fraction of sp³-hybridized carbons (Fsp3) is 0.435. The van der Waals surface area contributed by atoms with Gasteiger partial charge in [-0.3, -0.25) is 14.8 Å². The van der Waals surface area contributed by atoms with Gasteiger partial charge in [-0.2, -0.15) is 18.3 Å². The van der Waals surface area contributed by atoms with Gasteiger partial charge in [0.2, 0.25) is 0 Å². The lowest BCUT2D eigenvalue weighted by atomic mass is 10.1. The Labute approximate surface area is 200 Å². The lowest BCUT2D eigenvalue weighted by molar-refractivity contribution is -0.137. The van der Waals surface area contributed by atoms with Crippen LogP contribution in [-0.2, 0) is 12.7 Å². The predicted octanol–water partition coefficient (Wildman–Crippen LogP) is 2.64. The van der Waals surface area contributed by atoms with E-state index in [0.29, 0.717) is 48.9 Å². The molecule has 0 unspecified atom stereocenters. The molecule has 0 spiro atoms. The number of piperazine rings is 1. The molecule has 4 rings (SSSR count).